The van der Waals surface area contributed by atoms with Gasteiger partial charge in [-0.2, -0.15) is 0 Å². The van der Waals surface area contributed by atoms with Crippen LogP contribution in [0.25, 0.3) is 0 Å². The van der Waals surface area contributed by atoms with Gasteiger partial charge in [0.05, 0.1) is 6.04 Å². The van der Waals surface area contributed by atoms with Crippen LogP contribution < -0.4 is 11.3 Å². The number of nitrogens with one attached hydrogen (secondary N) is 1. The maximum absolute atomic E-state index is 13.7. The third-order valence-electron chi connectivity index (χ3n) is 2.64. The third-order valence-corrected chi connectivity index (χ3v) is 2.87. The molecule has 2 rings (SSSR count). The van der Waals surface area contributed by atoms with E-state index in [1.807, 2.05) is 0 Å². The molecule has 1 unspecified atom stereocenters. The molecule has 0 radical (unpaired) electrons. The predicted octanol–water partition coefficient (Wildman–Crippen LogP) is 3.17. The minimum atomic E-state index is -0.787. The lowest BCUT2D eigenvalue weighted by Crippen LogP contribution is -2.30. The zero-order chi connectivity index (χ0) is 13.1. The van der Waals surface area contributed by atoms with Gasteiger partial charge in [0.15, 0.2) is 0 Å². The van der Waals surface area contributed by atoms with Crippen molar-refractivity contribution < 1.29 is 8.78 Å². The van der Waals surface area contributed by atoms with E-state index < -0.39 is 17.7 Å². The number of hydrogen-bond donors (Lipinski definition) is 2. The lowest BCUT2D eigenvalue weighted by Gasteiger charge is -2.18. The molecule has 0 aliphatic heterocycles. The first-order valence-electron chi connectivity index (χ1n) is 5.29. The molecule has 2 nitrogen and oxygen atoms in total. The zero-order valence-corrected chi connectivity index (χ0v) is 10.1. The topological polar surface area (TPSA) is 38.0 Å². The molecular weight excluding hydrogens is 258 g/mol. The van der Waals surface area contributed by atoms with Crippen molar-refractivity contribution >= 4 is 11.6 Å². The third kappa shape index (κ3) is 2.51. The quantitative estimate of drug-likeness (QED) is 0.663. The molecule has 94 valence electrons. The van der Waals surface area contributed by atoms with Crippen LogP contribution in [-0.2, 0) is 0 Å². The predicted molar refractivity (Wildman–Crippen MR) is 67.0 cm³/mol. The Morgan fingerprint density at radius 1 is 1.06 bits per heavy atom. The highest BCUT2D eigenvalue weighted by Crippen LogP contribution is 2.27. The molecule has 0 saturated heterocycles. The molecule has 0 heterocycles. The molecule has 1 atom stereocenters. The molecule has 0 saturated carbocycles. The molecule has 0 bridgehead atoms. The molecule has 0 aromatic heterocycles. The Morgan fingerprint density at radius 2 is 1.67 bits per heavy atom. The Labute approximate surface area is 108 Å². The van der Waals surface area contributed by atoms with Crippen molar-refractivity contribution in [2.45, 2.75) is 6.04 Å². The van der Waals surface area contributed by atoms with Gasteiger partial charge >= 0.3 is 0 Å². The van der Waals surface area contributed by atoms with Crippen molar-refractivity contribution in [3.8, 4) is 0 Å². The first-order chi connectivity index (χ1) is 8.63. The van der Waals surface area contributed by atoms with Gasteiger partial charge < -0.3 is 0 Å². The van der Waals surface area contributed by atoms with Crippen molar-refractivity contribution in [1.82, 2.24) is 5.43 Å². The van der Waals surface area contributed by atoms with E-state index >= 15 is 0 Å². The zero-order valence-electron chi connectivity index (χ0n) is 9.33. The molecule has 0 aliphatic rings. The molecule has 18 heavy (non-hydrogen) atoms. The van der Waals surface area contributed by atoms with E-state index in [4.69, 9.17) is 17.4 Å². The van der Waals surface area contributed by atoms with E-state index in [0.717, 1.165) is 0 Å². The first kappa shape index (κ1) is 13.0. The van der Waals surface area contributed by atoms with E-state index in [-0.39, 0.29) is 5.56 Å². The average Bonchev–Trinajstić information content (AvgIpc) is 2.34. The van der Waals surface area contributed by atoms with E-state index in [1.165, 1.54) is 18.2 Å². The van der Waals surface area contributed by atoms with Crippen LogP contribution in [0, 0.1) is 11.6 Å². The maximum Gasteiger partial charge on any atom is 0.131 e. The monoisotopic (exact) mass is 268 g/mol. The Balaban J connectivity index is 2.52. The second-order valence-electron chi connectivity index (χ2n) is 3.79. The van der Waals surface area contributed by atoms with Gasteiger partial charge in [-0.25, -0.2) is 14.2 Å². The van der Waals surface area contributed by atoms with Crippen molar-refractivity contribution in [3.63, 3.8) is 0 Å². The fourth-order valence-corrected chi connectivity index (χ4v) is 2.02. The van der Waals surface area contributed by atoms with Crippen LogP contribution in [0.1, 0.15) is 17.2 Å². The Kier molecular flexibility index (Phi) is 3.91. The highest BCUT2D eigenvalue weighted by atomic mass is 35.5. The van der Waals surface area contributed by atoms with Gasteiger partial charge in [0.2, 0.25) is 0 Å². The van der Waals surface area contributed by atoms with Gasteiger partial charge in [-0.3, -0.25) is 5.84 Å². The summed E-state index contributed by atoms with van der Waals surface area (Å²) in [6.45, 7) is 0. The van der Waals surface area contributed by atoms with Gasteiger partial charge in [-0.1, -0.05) is 29.8 Å². The summed E-state index contributed by atoms with van der Waals surface area (Å²) in [4.78, 5) is 0. The van der Waals surface area contributed by atoms with Crippen LogP contribution in [0.4, 0.5) is 8.78 Å². The van der Waals surface area contributed by atoms with Gasteiger partial charge in [-0.15, -0.1) is 0 Å². The highest BCUT2D eigenvalue weighted by molar-refractivity contribution is 6.30. The molecule has 2 aromatic carbocycles. The highest BCUT2D eigenvalue weighted by Gasteiger charge is 2.20. The summed E-state index contributed by atoms with van der Waals surface area (Å²) in [6, 6.07) is 9.57. The lowest BCUT2D eigenvalue weighted by atomic mass is 9.98. The molecular formula is C13H11ClF2N2. The van der Waals surface area contributed by atoms with Crippen molar-refractivity contribution in [1.29, 1.82) is 0 Å². The Bertz CT molecular complexity index is 540. The molecule has 0 amide bonds. The van der Waals surface area contributed by atoms with Gasteiger partial charge in [0.25, 0.3) is 0 Å². The summed E-state index contributed by atoms with van der Waals surface area (Å²) in [6.07, 6.45) is 0. The van der Waals surface area contributed by atoms with E-state index in [2.05, 4.69) is 5.43 Å². The van der Waals surface area contributed by atoms with Crippen LogP contribution in [0.5, 0.6) is 0 Å². The maximum atomic E-state index is 13.7. The summed E-state index contributed by atoms with van der Waals surface area (Å²) in [5, 5.41) is 0.476. The minimum Gasteiger partial charge on any atom is -0.271 e. The standard InChI is InChI=1S/C13H11ClF2N2/c14-9-4-1-3-8(7-9)13(18-17)12-10(15)5-2-6-11(12)16/h1-7,13,18H,17H2. The van der Waals surface area contributed by atoms with Crippen molar-refractivity contribution in [2.75, 3.05) is 0 Å². The van der Waals surface area contributed by atoms with Crippen LogP contribution in [0.2, 0.25) is 5.02 Å². The van der Waals surface area contributed by atoms with Crippen LogP contribution in [0.3, 0.4) is 0 Å². The molecule has 0 fully saturated rings. The number of benzene rings is 2. The van der Waals surface area contributed by atoms with Crippen molar-refractivity contribution in [2.24, 2.45) is 5.84 Å². The summed E-state index contributed by atoms with van der Waals surface area (Å²) < 4.78 is 27.4. The summed E-state index contributed by atoms with van der Waals surface area (Å²) in [5.74, 6) is 4.09. The van der Waals surface area contributed by atoms with Crippen LogP contribution >= 0.6 is 11.6 Å². The largest absolute Gasteiger partial charge is 0.271 e. The first-order valence-corrected chi connectivity index (χ1v) is 5.66. The molecule has 0 spiro atoms. The van der Waals surface area contributed by atoms with E-state index in [9.17, 15) is 8.78 Å². The van der Waals surface area contributed by atoms with Gasteiger partial charge in [0, 0.05) is 10.6 Å². The minimum absolute atomic E-state index is 0.123. The molecule has 0 aliphatic carbocycles. The Morgan fingerprint density at radius 3 is 2.22 bits per heavy atom. The molecule has 2 aromatic rings. The smallest absolute Gasteiger partial charge is 0.131 e. The second kappa shape index (κ2) is 5.44. The van der Waals surface area contributed by atoms with Gasteiger partial charge in [0.1, 0.15) is 11.6 Å². The summed E-state index contributed by atoms with van der Waals surface area (Å²) in [5.41, 5.74) is 2.87. The number of rotatable bonds is 3. The fraction of sp³-hybridized carbons (Fsp3) is 0.0769. The van der Waals surface area contributed by atoms with Crippen LogP contribution in [0.15, 0.2) is 42.5 Å². The summed E-state index contributed by atoms with van der Waals surface area (Å²) >= 11 is 5.86. The average molecular weight is 269 g/mol. The van der Waals surface area contributed by atoms with E-state index in [1.54, 1.807) is 24.3 Å². The van der Waals surface area contributed by atoms with Crippen molar-refractivity contribution in [3.05, 3.63) is 70.2 Å². The number of hydrogen-bond acceptors (Lipinski definition) is 2. The van der Waals surface area contributed by atoms with Crippen LogP contribution in [-0.4, -0.2) is 0 Å². The Hall–Kier alpha value is -1.49. The van der Waals surface area contributed by atoms with E-state index in [0.29, 0.717) is 10.6 Å². The molecule has 3 N–H and O–H groups in total. The second-order valence-corrected chi connectivity index (χ2v) is 4.23. The SMILES string of the molecule is NNC(c1cccc(Cl)c1)c1c(F)cccc1F. The number of hydrazine groups is 1. The number of nitrogens with two attached hydrogens (primary N) is 1. The lowest BCUT2D eigenvalue weighted by molar-refractivity contribution is 0.510. The fourth-order valence-electron chi connectivity index (χ4n) is 1.82. The summed E-state index contributed by atoms with van der Waals surface area (Å²) in [7, 11) is 0. The molecule has 5 heteroatoms. The number of halogens is 3. The van der Waals surface area contributed by atoms with Gasteiger partial charge in [-0.05, 0) is 29.8 Å². The normalized spacial score (nSPS) is 12.4.